The zero-order valence-corrected chi connectivity index (χ0v) is 17.9. The molecule has 7 nitrogen and oxygen atoms in total. The Morgan fingerprint density at radius 3 is 2.47 bits per heavy atom. The molecule has 8 heteroatoms. The van der Waals surface area contributed by atoms with Crippen LogP contribution < -0.4 is 10.5 Å². The van der Waals surface area contributed by atoms with Gasteiger partial charge in [0.15, 0.2) is 0 Å². The number of hydrogen-bond donors (Lipinski definition) is 0. The third kappa shape index (κ3) is 3.09. The average Bonchev–Trinajstić information content (AvgIpc) is 2.98. The van der Waals surface area contributed by atoms with Crippen LogP contribution in [-0.2, 0) is 25.7 Å². The minimum absolute atomic E-state index is 0.102. The molecule has 0 spiro atoms. The number of fused-ring (bicyclic) bond motifs is 3. The summed E-state index contributed by atoms with van der Waals surface area (Å²) in [4.78, 5) is 52.8. The van der Waals surface area contributed by atoms with Crippen molar-refractivity contribution >= 4 is 40.3 Å². The number of aromatic nitrogens is 1. The normalized spacial score (nSPS) is 20.5. The van der Waals surface area contributed by atoms with E-state index in [1.54, 1.807) is 13.8 Å². The zero-order chi connectivity index (χ0) is 22.3. The molecule has 2 aliphatic heterocycles. The highest BCUT2D eigenvalue weighted by Crippen LogP contribution is 2.47. The second-order valence-corrected chi connectivity index (χ2v) is 7.87. The number of ether oxygens (including phenoxy) is 1. The monoisotopic (exact) mass is 430 g/mol. The number of ketones is 2. The smallest absolute Gasteiger partial charge is 0.295 e. The maximum Gasteiger partial charge on any atom is 0.295 e. The van der Waals surface area contributed by atoms with Gasteiger partial charge in [0.05, 0.1) is 18.3 Å². The highest BCUT2D eigenvalue weighted by molar-refractivity contribution is 6.49. The Bertz CT molecular complexity index is 1070. The minimum Gasteiger partial charge on any atom is -0.383 e. The van der Waals surface area contributed by atoms with E-state index in [9.17, 15) is 19.2 Å². The van der Waals surface area contributed by atoms with Crippen LogP contribution in [0, 0.1) is 11.8 Å². The van der Waals surface area contributed by atoms with Crippen molar-refractivity contribution in [2.45, 2.75) is 26.4 Å². The van der Waals surface area contributed by atoms with Crippen molar-refractivity contribution < 1.29 is 19.1 Å². The molecule has 2 aliphatic rings. The number of hydrogen-bond acceptors (Lipinski definition) is 5. The van der Waals surface area contributed by atoms with Crippen LogP contribution in [0.5, 0.6) is 0 Å². The van der Waals surface area contributed by atoms with Crippen LogP contribution in [0.4, 0.5) is 5.69 Å². The van der Waals surface area contributed by atoms with Gasteiger partial charge in [-0.1, -0.05) is 50.8 Å². The Hall–Kier alpha value is -2.77. The lowest BCUT2D eigenvalue weighted by molar-refractivity contribution is -0.139. The molecule has 3 rings (SSSR count). The van der Waals surface area contributed by atoms with E-state index in [0.29, 0.717) is 22.4 Å². The fourth-order valence-electron chi connectivity index (χ4n) is 4.06. The minimum atomic E-state index is -1.16. The number of anilines is 1. The number of methoxy groups -OCH3 is 1. The van der Waals surface area contributed by atoms with Crippen LogP contribution in [0.1, 0.15) is 19.4 Å². The zero-order valence-electron chi connectivity index (χ0n) is 17.1. The van der Waals surface area contributed by atoms with E-state index in [1.165, 1.54) is 34.9 Å². The molecule has 0 N–H and O–H groups in total. The maximum absolute atomic E-state index is 13.0. The van der Waals surface area contributed by atoms with Crippen LogP contribution >= 0.6 is 11.6 Å². The molecule has 1 aromatic rings. The van der Waals surface area contributed by atoms with Gasteiger partial charge >= 0.3 is 0 Å². The van der Waals surface area contributed by atoms with E-state index in [0.717, 1.165) is 0 Å². The standard InChI is InChI=1S/C22H23ClN2O5/c1-6-12-13(7-2)18-16(19(26)11(3)4)20(27)22(29)25(18)14-10-24(8-9-30-5)21(28)17(23)15(12)14/h6-7,10-11,16,18H,1-2,8-9H2,3-5H3. The first-order valence-corrected chi connectivity index (χ1v) is 9.91. The summed E-state index contributed by atoms with van der Waals surface area (Å²) in [5, 5.41) is -0.102. The van der Waals surface area contributed by atoms with Crippen molar-refractivity contribution in [3.63, 3.8) is 0 Å². The molecule has 2 unspecified atom stereocenters. The molecule has 0 aliphatic carbocycles. The first-order chi connectivity index (χ1) is 14.2. The van der Waals surface area contributed by atoms with Crippen molar-refractivity contribution in [1.82, 2.24) is 4.57 Å². The Morgan fingerprint density at radius 1 is 1.27 bits per heavy atom. The molecular weight excluding hydrogens is 408 g/mol. The summed E-state index contributed by atoms with van der Waals surface area (Å²) < 4.78 is 6.37. The number of amides is 1. The van der Waals surface area contributed by atoms with Gasteiger partial charge in [0.25, 0.3) is 11.5 Å². The van der Waals surface area contributed by atoms with E-state index in [-0.39, 0.29) is 24.0 Å². The summed E-state index contributed by atoms with van der Waals surface area (Å²) in [5.41, 5.74) is 1.08. The van der Waals surface area contributed by atoms with Crippen molar-refractivity contribution in [2.75, 3.05) is 18.6 Å². The highest BCUT2D eigenvalue weighted by atomic mass is 35.5. The molecule has 1 aromatic heterocycles. The Balaban J connectivity index is 2.36. The SMILES string of the molecule is C=CC1=C(C=C)C2C(C(=O)C(C)C)C(=O)C(=O)N2c2cn(CCOC)c(=O)c(Cl)c21. The molecule has 1 amide bonds. The number of halogens is 1. The molecule has 1 saturated heterocycles. The van der Waals surface area contributed by atoms with E-state index in [2.05, 4.69) is 13.2 Å². The summed E-state index contributed by atoms with van der Waals surface area (Å²) in [6, 6.07) is -0.859. The van der Waals surface area contributed by atoms with Gasteiger partial charge in [-0.05, 0) is 11.1 Å². The Kier molecular flexibility index (Phi) is 5.97. The fourth-order valence-corrected chi connectivity index (χ4v) is 4.36. The largest absolute Gasteiger partial charge is 0.383 e. The van der Waals surface area contributed by atoms with Gasteiger partial charge in [0, 0.05) is 31.3 Å². The van der Waals surface area contributed by atoms with Crippen LogP contribution in [-0.4, -0.2) is 41.8 Å². The molecule has 158 valence electrons. The van der Waals surface area contributed by atoms with Gasteiger partial charge in [-0.3, -0.25) is 24.1 Å². The van der Waals surface area contributed by atoms with Gasteiger partial charge in [-0.2, -0.15) is 0 Å². The number of pyridine rings is 1. The van der Waals surface area contributed by atoms with Crippen molar-refractivity contribution in [2.24, 2.45) is 11.8 Å². The third-order valence-electron chi connectivity index (χ3n) is 5.50. The van der Waals surface area contributed by atoms with E-state index in [1.807, 2.05) is 0 Å². The quantitative estimate of drug-likeness (QED) is 0.490. The third-order valence-corrected chi connectivity index (χ3v) is 5.85. The molecule has 0 aromatic carbocycles. The van der Waals surface area contributed by atoms with Crippen LogP contribution in [0.25, 0.3) is 5.57 Å². The van der Waals surface area contributed by atoms with Crippen molar-refractivity contribution in [3.05, 3.63) is 58.0 Å². The van der Waals surface area contributed by atoms with Gasteiger partial charge in [-0.25, -0.2) is 0 Å². The van der Waals surface area contributed by atoms with Crippen molar-refractivity contribution in [3.8, 4) is 0 Å². The molecule has 0 radical (unpaired) electrons. The molecule has 3 heterocycles. The number of Topliss-reactive ketones (excluding diaryl/α,β-unsaturated/α-hetero) is 2. The van der Waals surface area contributed by atoms with E-state index in [4.69, 9.17) is 16.3 Å². The average molecular weight is 431 g/mol. The summed E-state index contributed by atoms with van der Waals surface area (Å²) in [6.07, 6.45) is 4.46. The van der Waals surface area contributed by atoms with Crippen LogP contribution in [0.3, 0.4) is 0 Å². The number of carbonyl (C=O) groups is 3. The maximum atomic E-state index is 13.0. The second kappa shape index (κ2) is 8.16. The summed E-state index contributed by atoms with van der Waals surface area (Å²) >= 11 is 6.43. The Morgan fingerprint density at radius 2 is 1.93 bits per heavy atom. The first kappa shape index (κ1) is 21.9. The lowest BCUT2D eigenvalue weighted by Crippen LogP contribution is -2.43. The lowest BCUT2D eigenvalue weighted by atomic mass is 9.80. The summed E-state index contributed by atoms with van der Waals surface area (Å²) in [7, 11) is 1.50. The van der Waals surface area contributed by atoms with E-state index < -0.39 is 35.1 Å². The predicted octanol–water partition coefficient (Wildman–Crippen LogP) is 2.41. The van der Waals surface area contributed by atoms with Gasteiger partial charge in [0.1, 0.15) is 16.7 Å². The molecule has 30 heavy (non-hydrogen) atoms. The molecule has 0 bridgehead atoms. The molecule has 2 atom stereocenters. The lowest BCUT2D eigenvalue weighted by Gasteiger charge is -2.36. The fraction of sp³-hybridized carbons (Fsp3) is 0.364. The number of carbonyl (C=O) groups excluding carboxylic acids is 3. The van der Waals surface area contributed by atoms with Crippen LogP contribution in [0.2, 0.25) is 5.02 Å². The van der Waals surface area contributed by atoms with Gasteiger partial charge in [-0.15, -0.1) is 0 Å². The van der Waals surface area contributed by atoms with E-state index >= 15 is 0 Å². The Labute approximate surface area is 179 Å². The second-order valence-electron chi connectivity index (χ2n) is 7.49. The number of nitrogens with zero attached hydrogens (tertiary/aromatic N) is 2. The van der Waals surface area contributed by atoms with Crippen molar-refractivity contribution in [1.29, 1.82) is 0 Å². The summed E-state index contributed by atoms with van der Waals surface area (Å²) in [6.45, 7) is 11.4. The number of rotatable bonds is 7. The number of allylic oxidation sites excluding steroid dienone is 2. The predicted molar refractivity (Wildman–Crippen MR) is 115 cm³/mol. The topological polar surface area (TPSA) is 85.7 Å². The highest BCUT2D eigenvalue weighted by Gasteiger charge is 2.55. The molecular formula is C22H23ClN2O5. The van der Waals surface area contributed by atoms with Gasteiger partial charge < -0.3 is 9.30 Å². The van der Waals surface area contributed by atoms with Crippen LogP contribution in [0.15, 0.2) is 41.9 Å². The molecule has 0 saturated carbocycles. The molecule has 1 fully saturated rings. The summed E-state index contributed by atoms with van der Waals surface area (Å²) in [5.74, 6) is -3.51. The first-order valence-electron chi connectivity index (χ1n) is 9.53. The van der Waals surface area contributed by atoms with Gasteiger partial charge in [0.2, 0.25) is 5.78 Å².